The molecule has 17 heavy (non-hydrogen) atoms. The number of aromatic nitrogens is 1. The van der Waals surface area contributed by atoms with Crippen LogP contribution in [0.2, 0.25) is 0 Å². The van der Waals surface area contributed by atoms with Crippen LogP contribution in [0.3, 0.4) is 0 Å². The van der Waals surface area contributed by atoms with Crippen molar-refractivity contribution < 1.29 is 4.79 Å². The molecule has 0 aliphatic carbocycles. The molecular weight excluding hydrogens is 300 g/mol. The molecule has 0 atom stereocenters. The second-order valence-corrected chi connectivity index (χ2v) is 5.78. The molecule has 0 aliphatic heterocycles. The summed E-state index contributed by atoms with van der Waals surface area (Å²) in [5.41, 5.74) is 1.72. The van der Waals surface area contributed by atoms with Crippen LogP contribution in [-0.2, 0) is 0 Å². The highest BCUT2D eigenvalue weighted by molar-refractivity contribution is 9.10. The second kappa shape index (κ2) is 4.98. The smallest absolute Gasteiger partial charge is 0.257 e. The van der Waals surface area contributed by atoms with Crippen molar-refractivity contribution in [2.24, 2.45) is 0 Å². The minimum Gasteiger partial charge on any atom is -0.298 e. The minimum absolute atomic E-state index is 0.139. The van der Waals surface area contributed by atoms with Crippen molar-refractivity contribution in [3.8, 4) is 0 Å². The Labute approximate surface area is 112 Å². The van der Waals surface area contributed by atoms with Crippen LogP contribution < -0.4 is 5.32 Å². The molecule has 0 fully saturated rings. The van der Waals surface area contributed by atoms with Gasteiger partial charge in [-0.1, -0.05) is 22.0 Å². The van der Waals surface area contributed by atoms with E-state index in [1.165, 1.54) is 11.3 Å². The Morgan fingerprint density at radius 3 is 2.76 bits per heavy atom. The Bertz CT molecular complexity index is 565. The molecule has 0 aliphatic rings. The summed E-state index contributed by atoms with van der Waals surface area (Å²) in [5, 5.41) is 3.40. The molecule has 2 rings (SSSR count). The number of halogens is 1. The summed E-state index contributed by atoms with van der Waals surface area (Å²) in [7, 11) is 0. The van der Waals surface area contributed by atoms with Crippen LogP contribution >= 0.6 is 27.3 Å². The van der Waals surface area contributed by atoms with Crippen molar-refractivity contribution in [2.45, 2.75) is 13.8 Å². The van der Waals surface area contributed by atoms with Gasteiger partial charge in [-0.05, 0) is 31.5 Å². The molecule has 5 heteroatoms. The Kier molecular flexibility index (Phi) is 3.59. The van der Waals surface area contributed by atoms with Gasteiger partial charge in [0.2, 0.25) is 0 Å². The average Bonchev–Trinajstić information content (AvgIpc) is 2.68. The fourth-order valence-electron chi connectivity index (χ4n) is 1.32. The first kappa shape index (κ1) is 12.3. The highest BCUT2D eigenvalue weighted by atomic mass is 79.9. The number of hydrogen-bond donors (Lipinski definition) is 1. The quantitative estimate of drug-likeness (QED) is 0.917. The Hall–Kier alpha value is -1.20. The highest BCUT2D eigenvalue weighted by Crippen LogP contribution is 2.20. The molecule has 1 heterocycles. The van der Waals surface area contributed by atoms with Crippen LogP contribution in [-0.4, -0.2) is 10.9 Å². The van der Waals surface area contributed by atoms with E-state index in [0.29, 0.717) is 10.7 Å². The van der Waals surface area contributed by atoms with Gasteiger partial charge in [-0.2, -0.15) is 0 Å². The summed E-state index contributed by atoms with van der Waals surface area (Å²) in [6.45, 7) is 3.94. The number of benzene rings is 1. The second-order valence-electron chi connectivity index (χ2n) is 3.69. The van der Waals surface area contributed by atoms with Crippen LogP contribution in [0, 0.1) is 13.8 Å². The van der Waals surface area contributed by atoms with E-state index in [0.717, 1.165) is 14.9 Å². The van der Waals surface area contributed by atoms with Gasteiger partial charge in [0.1, 0.15) is 0 Å². The average molecular weight is 311 g/mol. The first-order chi connectivity index (χ1) is 8.06. The zero-order chi connectivity index (χ0) is 12.4. The Morgan fingerprint density at radius 1 is 1.41 bits per heavy atom. The summed E-state index contributed by atoms with van der Waals surface area (Å²) < 4.78 is 0.931. The lowest BCUT2D eigenvalue weighted by Gasteiger charge is -2.03. The number of nitrogens with zero attached hydrogens (tertiary/aromatic N) is 1. The molecule has 0 radical (unpaired) electrons. The van der Waals surface area contributed by atoms with Gasteiger partial charge in [0.05, 0.1) is 0 Å². The molecule has 0 saturated carbocycles. The van der Waals surface area contributed by atoms with Gasteiger partial charge in [0.15, 0.2) is 5.13 Å². The zero-order valence-corrected chi connectivity index (χ0v) is 11.9. The number of nitrogens with one attached hydrogen (secondary N) is 1. The summed E-state index contributed by atoms with van der Waals surface area (Å²) in [6.07, 6.45) is 1.74. The largest absolute Gasteiger partial charge is 0.298 e. The standard InChI is InChI=1S/C12H11BrN2OS/c1-7-3-4-9(5-10(7)13)11(16)15-12-14-6-8(2)17-12/h3-6H,1-2H3,(H,14,15,16). The van der Waals surface area contributed by atoms with E-state index in [-0.39, 0.29) is 5.91 Å². The molecule has 0 bridgehead atoms. The monoisotopic (exact) mass is 310 g/mol. The van der Waals surface area contributed by atoms with E-state index in [1.807, 2.05) is 26.0 Å². The van der Waals surface area contributed by atoms with Crippen LogP contribution in [0.25, 0.3) is 0 Å². The molecule has 2 aromatic rings. The normalized spacial score (nSPS) is 10.3. The first-order valence-electron chi connectivity index (χ1n) is 5.06. The van der Waals surface area contributed by atoms with Crippen LogP contribution in [0.1, 0.15) is 20.8 Å². The maximum absolute atomic E-state index is 11.9. The van der Waals surface area contributed by atoms with Crippen molar-refractivity contribution in [2.75, 3.05) is 5.32 Å². The number of carbonyl (C=O) groups excluding carboxylic acids is 1. The van der Waals surface area contributed by atoms with E-state index in [2.05, 4.69) is 26.2 Å². The highest BCUT2D eigenvalue weighted by Gasteiger charge is 2.09. The van der Waals surface area contributed by atoms with Gasteiger partial charge < -0.3 is 0 Å². The predicted molar refractivity (Wildman–Crippen MR) is 73.7 cm³/mol. The molecule has 3 nitrogen and oxygen atoms in total. The van der Waals surface area contributed by atoms with E-state index in [1.54, 1.807) is 12.3 Å². The van der Waals surface area contributed by atoms with Gasteiger partial charge in [-0.25, -0.2) is 4.98 Å². The van der Waals surface area contributed by atoms with Crippen LogP contribution in [0.5, 0.6) is 0 Å². The molecule has 1 aromatic heterocycles. The molecule has 0 spiro atoms. The van der Waals surface area contributed by atoms with Crippen LogP contribution in [0.15, 0.2) is 28.9 Å². The number of rotatable bonds is 2. The predicted octanol–water partition coefficient (Wildman–Crippen LogP) is 3.77. The summed E-state index contributed by atoms with van der Waals surface area (Å²) >= 11 is 4.87. The van der Waals surface area contributed by atoms with Crippen molar-refractivity contribution in [1.29, 1.82) is 0 Å². The minimum atomic E-state index is -0.139. The van der Waals surface area contributed by atoms with E-state index in [4.69, 9.17) is 0 Å². The van der Waals surface area contributed by atoms with Crippen LogP contribution in [0.4, 0.5) is 5.13 Å². The Balaban J connectivity index is 2.17. The maximum atomic E-state index is 11.9. The first-order valence-corrected chi connectivity index (χ1v) is 6.67. The molecular formula is C12H11BrN2OS. The molecule has 1 aromatic carbocycles. The molecule has 0 saturated heterocycles. The summed E-state index contributed by atoms with van der Waals surface area (Å²) in [5.74, 6) is -0.139. The zero-order valence-electron chi connectivity index (χ0n) is 9.45. The summed E-state index contributed by atoms with van der Waals surface area (Å²) in [4.78, 5) is 17.1. The molecule has 1 N–H and O–H groups in total. The Morgan fingerprint density at radius 2 is 2.18 bits per heavy atom. The van der Waals surface area contributed by atoms with E-state index >= 15 is 0 Å². The van der Waals surface area contributed by atoms with Crippen molar-refractivity contribution in [3.63, 3.8) is 0 Å². The number of anilines is 1. The van der Waals surface area contributed by atoms with Crippen molar-refractivity contribution >= 4 is 38.3 Å². The molecule has 1 amide bonds. The van der Waals surface area contributed by atoms with E-state index < -0.39 is 0 Å². The third-order valence-corrected chi connectivity index (χ3v) is 3.96. The van der Waals surface area contributed by atoms with Gasteiger partial charge >= 0.3 is 0 Å². The third kappa shape index (κ3) is 2.92. The third-order valence-electron chi connectivity index (χ3n) is 2.28. The van der Waals surface area contributed by atoms with Gasteiger partial charge in [0.25, 0.3) is 5.91 Å². The number of hydrogen-bond acceptors (Lipinski definition) is 3. The number of amides is 1. The lowest BCUT2D eigenvalue weighted by molar-refractivity contribution is 0.102. The number of thiazole rings is 1. The van der Waals surface area contributed by atoms with Gasteiger partial charge in [-0.15, -0.1) is 11.3 Å². The lowest BCUT2D eigenvalue weighted by atomic mass is 10.1. The molecule has 0 unspecified atom stereocenters. The number of carbonyl (C=O) groups is 1. The van der Waals surface area contributed by atoms with Crippen molar-refractivity contribution in [1.82, 2.24) is 4.98 Å². The lowest BCUT2D eigenvalue weighted by Crippen LogP contribution is -2.11. The topological polar surface area (TPSA) is 42.0 Å². The molecule has 88 valence electrons. The van der Waals surface area contributed by atoms with Crippen molar-refractivity contribution in [3.05, 3.63) is 44.9 Å². The SMILES string of the molecule is Cc1cnc(NC(=O)c2ccc(C)c(Br)c2)s1. The number of aryl methyl sites for hydroxylation is 2. The van der Waals surface area contributed by atoms with Gasteiger partial charge in [-0.3, -0.25) is 10.1 Å². The fourth-order valence-corrected chi connectivity index (χ4v) is 2.35. The van der Waals surface area contributed by atoms with E-state index in [9.17, 15) is 4.79 Å². The fraction of sp³-hybridized carbons (Fsp3) is 0.167. The maximum Gasteiger partial charge on any atom is 0.257 e. The van der Waals surface area contributed by atoms with Gasteiger partial charge in [0, 0.05) is 21.1 Å². The summed E-state index contributed by atoms with van der Waals surface area (Å²) in [6, 6.07) is 5.52.